The summed E-state index contributed by atoms with van der Waals surface area (Å²) in [7, 11) is 0. The summed E-state index contributed by atoms with van der Waals surface area (Å²) >= 11 is 3.40. The van der Waals surface area contributed by atoms with Crippen molar-refractivity contribution in [1.29, 1.82) is 0 Å². The van der Waals surface area contributed by atoms with Gasteiger partial charge in [-0.3, -0.25) is 4.90 Å². The van der Waals surface area contributed by atoms with Crippen LogP contribution >= 0.6 is 15.9 Å². The van der Waals surface area contributed by atoms with Gasteiger partial charge in [0, 0.05) is 49.0 Å². The standard InChI is InChI=1S/C12H13BrN4O/c13-8-5-10-11(14-6-8)15-12(18-10)17-4-3-16-2-1-9(17)7-16/h5-6,9H,1-4,7H2/t9-/m0/s1. The van der Waals surface area contributed by atoms with Crippen LogP contribution in [-0.2, 0) is 0 Å². The van der Waals surface area contributed by atoms with Gasteiger partial charge in [0.05, 0.1) is 0 Å². The van der Waals surface area contributed by atoms with Crippen molar-refractivity contribution in [3.8, 4) is 0 Å². The van der Waals surface area contributed by atoms with Crippen molar-refractivity contribution in [3.05, 3.63) is 16.7 Å². The molecule has 2 atom stereocenters. The summed E-state index contributed by atoms with van der Waals surface area (Å²) in [6.45, 7) is 4.44. The quantitative estimate of drug-likeness (QED) is 0.805. The highest BCUT2D eigenvalue weighted by molar-refractivity contribution is 9.10. The van der Waals surface area contributed by atoms with Crippen LogP contribution in [0.25, 0.3) is 11.2 Å². The van der Waals surface area contributed by atoms with Gasteiger partial charge >= 0.3 is 0 Å². The summed E-state index contributed by atoms with van der Waals surface area (Å²) in [5, 5.41) is 0. The largest absolute Gasteiger partial charge is 0.422 e. The van der Waals surface area contributed by atoms with Crippen LogP contribution in [0.2, 0.25) is 0 Å². The lowest BCUT2D eigenvalue weighted by Crippen LogP contribution is -2.46. The summed E-state index contributed by atoms with van der Waals surface area (Å²) in [4.78, 5) is 13.6. The molecule has 2 aliphatic rings. The van der Waals surface area contributed by atoms with Crippen LogP contribution in [0.5, 0.6) is 0 Å². The number of piperazine rings is 1. The fourth-order valence-corrected chi connectivity index (χ4v) is 3.17. The Morgan fingerprint density at radius 1 is 1.33 bits per heavy atom. The van der Waals surface area contributed by atoms with E-state index in [-0.39, 0.29) is 0 Å². The van der Waals surface area contributed by atoms with Crippen molar-refractivity contribution in [2.45, 2.75) is 12.5 Å². The minimum Gasteiger partial charge on any atom is -0.422 e. The molecule has 94 valence electrons. The molecule has 0 aliphatic carbocycles. The highest BCUT2D eigenvalue weighted by atomic mass is 79.9. The summed E-state index contributed by atoms with van der Waals surface area (Å²) in [6.07, 6.45) is 2.96. The van der Waals surface area contributed by atoms with Crippen molar-refractivity contribution in [3.63, 3.8) is 0 Å². The van der Waals surface area contributed by atoms with Gasteiger partial charge in [0.1, 0.15) is 0 Å². The van der Waals surface area contributed by atoms with Gasteiger partial charge in [0.2, 0.25) is 5.65 Å². The Balaban J connectivity index is 1.73. The van der Waals surface area contributed by atoms with Gasteiger partial charge in [0.25, 0.3) is 6.01 Å². The van der Waals surface area contributed by atoms with Crippen molar-refractivity contribution in [1.82, 2.24) is 14.9 Å². The lowest BCUT2D eigenvalue weighted by atomic mass is 10.2. The molecule has 2 bridgehead atoms. The molecule has 18 heavy (non-hydrogen) atoms. The zero-order chi connectivity index (χ0) is 12.1. The number of aromatic nitrogens is 2. The first-order valence-corrected chi connectivity index (χ1v) is 7.00. The maximum Gasteiger partial charge on any atom is 0.300 e. The smallest absolute Gasteiger partial charge is 0.300 e. The number of pyridine rings is 1. The molecule has 0 spiro atoms. The molecule has 0 aromatic carbocycles. The molecule has 0 saturated carbocycles. The SMILES string of the molecule is Brc1cnc2nc(N3CCN4CC[C@H]3C4)oc2c1. The van der Waals surface area contributed by atoms with Gasteiger partial charge < -0.3 is 9.32 Å². The zero-order valence-corrected chi connectivity index (χ0v) is 11.4. The Hall–Kier alpha value is -1.14. The highest BCUT2D eigenvalue weighted by Crippen LogP contribution is 2.29. The number of fused-ring (bicyclic) bond motifs is 3. The normalized spacial score (nSPS) is 27.1. The average Bonchev–Trinajstić information content (AvgIpc) is 2.94. The third-order valence-electron chi connectivity index (χ3n) is 3.79. The minimum atomic E-state index is 0.551. The molecule has 4 rings (SSSR count). The van der Waals surface area contributed by atoms with E-state index in [0.717, 1.165) is 35.7 Å². The van der Waals surface area contributed by atoms with Crippen molar-refractivity contribution >= 4 is 33.2 Å². The molecular formula is C12H13BrN4O. The minimum absolute atomic E-state index is 0.551. The molecule has 2 aromatic rings. The monoisotopic (exact) mass is 308 g/mol. The first-order chi connectivity index (χ1) is 8.79. The number of nitrogens with zero attached hydrogens (tertiary/aromatic N) is 4. The summed E-state index contributed by atoms with van der Waals surface area (Å²) in [5.74, 6) is 0. The van der Waals surface area contributed by atoms with Crippen LogP contribution in [0, 0.1) is 0 Å². The second kappa shape index (κ2) is 3.93. The third-order valence-corrected chi connectivity index (χ3v) is 4.23. The van der Waals surface area contributed by atoms with Crippen LogP contribution in [-0.4, -0.2) is 47.1 Å². The molecule has 2 aromatic heterocycles. The number of rotatable bonds is 1. The van der Waals surface area contributed by atoms with Crippen LogP contribution in [0.3, 0.4) is 0 Å². The fourth-order valence-electron chi connectivity index (χ4n) is 2.86. The topological polar surface area (TPSA) is 45.4 Å². The number of anilines is 1. The molecule has 6 heteroatoms. The van der Waals surface area contributed by atoms with E-state index in [2.05, 4.69) is 35.7 Å². The molecule has 2 fully saturated rings. The van der Waals surface area contributed by atoms with Gasteiger partial charge in [0.15, 0.2) is 5.58 Å². The lowest BCUT2D eigenvalue weighted by Gasteiger charge is -2.32. The van der Waals surface area contributed by atoms with E-state index in [1.54, 1.807) is 6.20 Å². The van der Waals surface area contributed by atoms with Gasteiger partial charge in [-0.1, -0.05) is 0 Å². The number of hydrogen-bond acceptors (Lipinski definition) is 5. The number of hydrogen-bond donors (Lipinski definition) is 0. The molecule has 0 amide bonds. The van der Waals surface area contributed by atoms with Gasteiger partial charge in [-0.2, -0.15) is 4.98 Å². The summed E-state index contributed by atoms with van der Waals surface area (Å²) in [6, 6.07) is 3.20. The van der Waals surface area contributed by atoms with Crippen LogP contribution in [0.15, 0.2) is 21.2 Å². The first kappa shape index (κ1) is 10.8. The van der Waals surface area contributed by atoms with E-state index in [1.807, 2.05) is 6.07 Å². The maximum absolute atomic E-state index is 5.84. The molecular weight excluding hydrogens is 296 g/mol. The molecule has 2 aliphatic heterocycles. The Bertz CT molecular complexity index is 599. The van der Waals surface area contributed by atoms with E-state index >= 15 is 0 Å². The van der Waals surface area contributed by atoms with Crippen molar-refractivity contribution in [2.24, 2.45) is 0 Å². The first-order valence-electron chi connectivity index (χ1n) is 6.21. The van der Waals surface area contributed by atoms with Crippen LogP contribution in [0.1, 0.15) is 6.42 Å². The van der Waals surface area contributed by atoms with E-state index in [9.17, 15) is 0 Å². The van der Waals surface area contributed by atoms with Crippen LogP contribution < -0.4 is 4.90 Å². The molecule has 0 radical (unpaired) electrons. The molecule has 1 unspecified atom stereocenters. The molecule has 0 N–H and O–H groups in total. The highest BCUT2D eigenvalue weighted by Gasteiger charge is 2.34. The lowest BCUT2D eigenvalue weighted by molar-refractivity contribution is 0.304. The maximum atomic E-state index is 5.84. The van der Waals surface area contributed by atoms with E-state index in [1.165, 1.54) is 13.0 Å². The van der Waals surface area contributed by atoms with E-state index < -0.39 is 0 Å². The average molecular weight is 309 g/mol. The second-order valence-corrected chi connectivity index (χ2v) is 5.82. The third kappa shape index (κ3) is 1.63. The Kier molecular flexibility index (Phi) is 2.35. The Morgan fingerprint density at radius 3 is 3.22 bits per heavy atom. The van der Waals surface area contributed by atoms with E-state index in [4.69, 9.17) is 4.42 Å². The van der Waals surface area contributed by atoms with Gasteiger partial charge in [-0.15, -0.1) is 0 Å². The molecule has 2 saturated heterocycles. The predicted octanol–water partition coefficient (Wildman–Crippen LogP) is 1.88. The van der Waals surface area contributed by atoms with Crippen molar-refractivity contribution < 1.29 is 4.42 Å². The van der Waals surface area contributed by atoms with Gasteiger partial charge in [-0.25, -0.2) is 4.98 Å². The molecule has 4 heterocycles. The second-order valence-electron chi connectivity index (χ2n) is 4.91. The Morgan fingerprint density at radius 2 is 2.28 bits per heavy atom. The number of halogens is 1. The van der Waals surface area contributed by atoms with E-state index in [0.29, 0.717) is 11.7 Å². The Labute approximate surface area is 113 Å². The summed E-state index contributed by atoms with van der Waals surface area (Å²) in [5.41, 5.74) is 1.44. The zero-order valence-electron chi connectivity index (χ0n) is 9.84. The number of oxazole rings is 1. The predicted molar refractivity (Wildman–Crippen MR) is 71.7 cm³/mol. The summed E-state index contributed by atoms with van der Waals surface area (Å²) < 4.78 is 6.76. The van der Waals surface area contributed by atoms with Crippen molar-refractivity contribution in [2.75, 3.05) is 31.1 Å². The van der Waals surface area contributed by atoms with Gasteiger partial charge in [-0.05, 0) is 22.4 Å². The molecule has 5 nitrogen and oxygen atoms in total. The van der Waals surface area contributed by atoms with Crippen LogP contribution in [0.4, 0.5) is 6.01 Å². The fraction of sp³-hybridized carbons (Fsp3) is 0.500.